The highest BCUT2D eigenvalue weighted by Crippen LogP contribution is 2.59. The number of hydrogen-bond acceptors (Lipinski definition) is 4. The number of unbranched alkanes of at least 4 members (excludes halogenated alkanes) is 1. The molecule has 0 radical (unpaired) electrons. The molecule has 2 atom stereocenters. The van der Waals surface area contributed by atoms with Crippen LogP contribution in [0, 0.1) is 10.8 Å². The lowest BCUT2D eigenvalue weighted by atomic mass is 9.58. The second-order valence-corrected chi connectivity index (χ2v) is 9.04. The van der Waals surface area contributed by atoms with Crippen molar-refractivity contribution >= 4 is 17.4 Å². The van der Waals surface area contributed by atoms with Gasteiger partial charge in [-0.2, -0.15) is 0 Å². The molecule has 0 aliphatic carbocycles. The van der Waals surface area contributed by atoms with Gasteiger partial charge in [0, 0.05) is 38.8 Å². The molecule has 5 heterocycles. The van der Waals surface area contributed by atoms with Gasteiger partial charge in [-0.3, -0.25) is 19.4 Å². The lowest BCUT2D eigenvalue weighted by molar-refractivity contribution is -0.231. The molecule has 0 aromatic heterocycles. The lowest BCUT2D eigenvalue weighted by Crippen LogP contribution is -2.83. The van der Waals surface area contributed by atoms with Gasteiger partial charge in [0.25, 0.3) is 5.91 Å². The van der Waals surface area contributed by atoms with Crippen LogP contribution in [0.2, 0.25) is 0 Å². The Morgan fingerprint density at radius 1 is 1.04 bits per heavy atom. The van der Waals surface area contributed by atoms with Crippen LogP contribution in [-0.2, 0) is 15.3 Å². The minimum atomic E-state index is -0.707. The number of benzene rings is 1. The number of hydrogen-bond donors (Lipinski definition) is 0. The SMILES string of the molecule is CCCCC12CN3CC(C)(CN(C1)C31C(=O)N(C)c3ccccc31)C2=O. The van der Waals surface area contributed by atoms with Gasteiger partial charge in [-0.25, -0.2) is 0 Å². The van der Waals surface area contributed by atoms with Gasteiger partial charge in [0.05, 0.1) is 16.5 Å². The normalized spacial score (nSPS) is 42.8. The predicted octanol–water partition coefficient (Wildman–Crippen LogP) is 2.21. The van der Waals surface area contributed by atoms with Gasteiger partial charge in [-0.15, -0.1) is 0 Å². The first-order valence-corrected chi connectivity index (χ1v) is 9.82. The van der Waals surface area contributed by atoms with E-state index < -0.39 is 5.66 Å². The van der Waals surface area contributed by atoms with Crippen molar-refractivity contribution in [2.75, 3.05) is 38.1 Å². The van der Waals surface area contributed by atoms with Gasteiger partial charge < -0.3 is 4.90 Å². The second-order valence-electron chi connectivity index (χ2n) is 9.04. The van der Waals surface area contributed by atoms with Gasteiger partial charge in [0.1, 0.15) is 5.78 Å². The van der Waals surface area contributed by atoms with Crippen LogP contribution in [0.25, 0.3) is 0 Å². The molecule has 0 saturated carbocycles. The average Bonchev–Trinajstić information content (AvgIpc) is 2.84. The third-order valence-corrected chi connectivity index (χ3v) is 7.26. The maximum Gasteiger partial charge on any atom is 0.267 e. The molecule has 4 bridgehead atoms. The van der Waals surface area contributed by atoms with Gasteiger partial charge in [-0.05, 0) is 12.5 Å². The molecule has 1 aromatic rings. The molecule has 1 spiro atoms. The van der Waals surface area contributed by atoms with Crippen LogP contribution >= 0.6 is 0 Å². The molecule has 0 N–H and O–H groups in total. The molecule has 4 fully saturated rings. The Balaban J connectivity index is 1.66. The van der Waals surface area contributed by atoms with Crippen molar-refractivity contribution in [2.24, 2.45) is 10.8 Å². The number of likely N-dealkylation sites (N-methyl/N-ethyl adjacent to an activating group) is 1. The molecule has 2 unspecified atom stereocenters. The lowest BCUT2D eigenvalue weighted by Gasteiger charge is -2.68. The number of fused-ring (bicyclic) bond motifs is 1. The first-order valence-electron chi connectivity index (χ1n) is 9.82. The van der Waals surface area contributed by atoms with Crippen molar-refractivity contribution in [3.63, 3.8) is 0 Å². The number of piperidine rings is 2. The average molecular weight is 353 g/mol. The van der Waals surface area contributed by atoms with E-state index in [2.05, 4.69) is 29.7 Å². The Hall–Kier alpha value is -1.72. The minimum absolute atomic E-state index is 0.138. The molecule has 5 nitrogen and oxygen atoms in total. The van der Waals surface area contributed by atoms with Crippen molar-refractivity contribution in [3.8, 4) is 0 Å². The number of Topliss-reactive ketones (excluding diaryl/α,β-unsaturated/α-hetero) is 1. The van der Waals surface area contributed by atoms with Crippen LogP contribution < -0.4 is 4.90 Å². The summed E-state index contributed by atoms with van der Waals surface area (Å²) in [6.07, 6.45) is 3.11. The number of rotatable bonds is 3. The van der Waals surface area contributed by atoms with E-state index in [0.717, 1.165) is 30.5 Å². The summed E-state index contributed by atoms with van der Waals surface area (Å²) in [5, 5.41) is 0. The summed E-state index contributed by atoms with van der Waals surface area (Å²) in [6.45, 7) is 7.09. The van der Waals surface area contributed by atoms with Crippen LogP contribution in [0.3, 0.4) is 0 Å². The van der Waals surface area contributed by atoms with Crippen molar-refractivity contribution in [1.82, 2.24) is 9.80 Å². The fraction of sp³-hybridized carbons (Fsp3) is 0.619. The molecule has 5 aliphatic heterocycles. The summed E-state index contributed by atoms with van der Waals surface area (Å²) >= 11 is 0. The van der Waals surface area contributed by atoms with E-state index in [0.29, 0.717) is 32.0 Å². The Labute approximate surface area is 154 Å². The fourth-order valence-corrected chi connectivity index (χ4v) is 6.29. The molecular weight excluding hydrogens is 326 g/mol. The third-order valence-electron chi connectivity index (χ3n) is 7.26. The van der Waals surface area contributed by atoms with Gasteiger partial charge >= 0.3 is 0 Å². The highest BCUT2D eigenvalue weighted by molar-refractivity contribution is 6.08. The highest BCUT2D eigenvalue weighted by Gasteiger charge is 2.72. The van der Waals surface area contributed by atoms with Crippen molar-refractivity contribution in [2.45, 2.75) is 38.8 Å². The molecule has 1 amide bonds. The van der Waals surface area contributed by atoms with Gasteiger partial charge in [0.2, 0.25) is 0 Å². The number of carbonyl (C=O) groups is 2. The topological polar surface area (TPSA) is 43.9 Å². The maximum atomic E-state index is 13.5. The summed E-state index contributed by atoms with van der Waals surface area (Å²) in [6, 6.07) is 8.16. The zero-order valence-corrected chi connectivity index (χ0v) is 15.9. The highest BCUT2D eigenvalue weighted by atomic mass is 16.2. The van der Waals surface area contributed by atoms with Crippen LogP contribution in [-0.4, -0.2) is 54.7 Å². The summed E-state index contributed by atoms with van der Waals surface area (Å²) in [7, 11) is 1.88. The number of nitrogens with zero attached hydrogens (tertiary/aromatic N) is 3. The molecule has 4 saturated heterocycles. The van der Waals surface area contributed by atoms with Crippen LogP contribution in [0.4, 0.5) is 5.69 Å². The van der Waals surface area contributed by atoms with Gasteiger partial charge in [0.15, 0.2) is 5.66 Å². The zero-order valence-electron chi connectivity index (χ0n) is 15.9. The quantitative estimate of drug-likeness (QED) is 0.836. The first-order chi connectivity index (χ1) is 12.4. The summed E-state index contributed by atoms with van der Waals surface area (Å²) in [5.41, 5.74) is 0.729. The molecule has 26 heavy (non-hydrogen) atoms. The fourth-order valence-electron chi connectivity index (χ4n) is 6.29. The summed E-state index contributed by atoms with van der Waals surface area (Å²) in [4.78, 5) is 33.4. The first kappa shape index (κ1) is 16.5. The third kappa shape index (κ3) is 1.65. The largest absolute Gasteiger partial charge is 0.312 e. The predicted molar refractivity (Wildman–Crippen MR) is 99.7 cm³/mol. The Bertz CT molecular complexity index is 801. The van der Waals surface area contributed by atoms with E-state index in [-0.39, 0.29) is 16.7 Å². The van der Waals surface area contributed by atoms with E-state index in [9.17, 15) is 9.59 Å². The summed E-state index contributed by atoms with van der Waals surface area (Å²) in [5.74, 6) is 0.576. The Morgan fingerprint density at radius 3 is 2.35 bits per heavy atom. The Kier molecular flexibility index (Phi) is 3.14. The standard InChI is InChI=1S/C21H27N3O2/c1-4-5-10-20-13-23-11-19(2,17(20)25)12-24(14-20)21(23)15-8-6-7-9-16(15)22(3)18(21)26/h6-9H,4-5,10-14H2,1-3H3. The van der Waals surface area contributed by atoms with Crippen molar-refractivity contribution in [1.29, 1.82) is 0 Å². The molecule has 6 rings (SSSR count). The van der Waals surface area contributed by atoms with E-state index >= 15 is 0 Å². The molecule has 138 valence electrons. The minimum Gasteiger partial charge on any atom is -0.312 e. The maximum absolute atomic E-state index is 13.5. The molecule has 5 aliphatic rings. The molecule has 1 aromatic carbocycles. The second kappa shape index (κ2) is 4.96. The number of amides is 1. The number of carbonyl (C=O) groups excluding carboxylic acids is 2. The summed E-state index contributed by atoms with van der Waals surface area (Å²) < 4.78 is 0. The molecule has 5 heteroatoms. The van der Waals surface area contributed by atoms with Gasteiger partial charge in [-0.1, -0.05) is 44.9 Å². The van der Waals surface area contributed by atoms with E-state index in [1.165, 1.54) is 0 Å². The monoisotopic (exact) mass is 353 g/mol. The van der Waals surface area contributed by atoms with E-state index in [1.807, 2.05) is 25.2 Å². The van der Waals surface area contributed by atoms with Crippen molar-refractivity contribution < 1.29 is 9.59 Å². The van der Waals surface area contributed by atoms with Crippen LogP contribution in [0.15, 0.2) is 24.3 Å². The number of ketones is 1. The van der Waals surface area contributed by atoms with E-state index in [4.69, 9.17) is 0 Å². The molecular formula is C21H27N3O2. The van der Waals surface area contributed by atoms with Crippen molar-refractivity contribution in [3.05, 3.63) is 29.8 Å². The zero-order chi connectivity index (χ0) is 18.3. The number of anilines is 1. The van der Waals surface area contributed by atoms with Crippen LogP contribution in [0.1, 0.15) is 38.7 Å². The smallest absolute Gasteiger partial charge is 0.267 e. The number of para-hydroxylation sites is 1. The Morgan fingerprint density at radius 2 is 1.69 bits per heavy atom. The van der Waals surface area contributed by atoms with Crippen LogP contribution in [0.5, 0.6) is 0 Å². The van der Waals surface area contributed by atoms with E-state index in [1.54, 1.807) is 4.90 Å².